The Kier molecular flexibility index (Phi) is 7.11. The topological polar surface area (TPSA) is 98.2 Å². The van der Waals surface area contributed by atoms with E-state index >= 15 is 0 Å². The van der Waals surface area contributed by atoms with Crippen molar-refractivity contribution in [2.75, 3.05) is 7.05 Å². The zero-order valence-electron chi connectivity index (χ0n) is 19.2. The molecule has 1 unspecified atom stereocenters. The molecule has 2 heterocycles. The Balaban J connectivity index is 1.40. The van der Waals surface area contributed by atoms with E-state index in [9.17, 15) is 9.59 Å². The first-order chi connectivity index (χ1) is 15.5. The molecule has 174 valence electrons. The van der Waals surface area contributed by atoms with Gasteiger partial charge in [0.15, 0.2) is 5.96 Å². The summed E-state index contributed by atoms with van der Waals surface area (Å²) in [7, 11) is 1.71. The Hall–Kier alpha value is -2.44. The maximum absolute atomic E-state index is 13.3. The molecule has 0 radical (unpaired) electrons. The molecule has 1 aromatic heterocycles. The normalized spacial score (nSPS) is 29.1. The third-order valence-electron chi connectivity index (χ3n) is 7.76. The number of pyridine rings is 1. The van der Waals surface area contributed by atoms with Crippen LogP contribution in [0.5, 0.6) is 0 Å². The fourth-order valence-electron chi connectivity index (χ4n) is 5.98. The van der Waals surface area contributed by atoms with E-state index in [2.05, 4.69) is 15.6 Å². The second-order valence-electron chi connectivity index (χ2n) is 10.1. The number of nitrogens with zero attached hydrogens (tertiary/aromatic N) is 2. The van der Waals surface area contributed by atoms with E-state index in [1.807, 2.05) is 6.07 Å². The molecule has 2 aliphatic carbocycles. The van der Waals surface area contributed by atoms with E-state index in [0.29, 0.717) is 17.5 Å². The maximum atomic E-state index is 13.3. The van der Waals surface area contributed by atoms with Crippen molar-refractivity contribution in [1.29, 1.82) is 5.41 Å². The monoisotopic (exact) mass is 439 g/mol. The van der Waals surface area contributed by atoms with E-state index in [4.69, 9.17) is 5.41 Å². The van der Waals surface area contributed by atoms with Crippen LogP contribution in [0, 0.1) is 17.2 Å². The van der Waals surface area contributed by atoms with Gasteiger partial charge in [-0.3, -0.25) is 24.9 Å². The quantitative estimate of drug-likeness (QED) is 0.601. The number of carbonyl (C=O) groups is 2. The lowest BCUT2D eigenvalue weighted by Crippen LogP contribution is -2.50. The van der Waals surface area contributed by atoms with Gasteiger partial charge >= 0.3 is 0 Å². The zero-order valence-corrected chi connectivity index (χ0v) is 19.2. The predicted molar refractivity (Wildman–Crippen MR) is 124 cm³/mol. The Morgan fingerprint density at radius 1 is 1.19 bits per heavy atom. The summed E-state index contributed by atoms with van der Waals surface area (Å²) in [5.41, 5.74) is -0.220. The summed E-state index contributed by atoms with van der Waals surface area (Å²) in [5, 5.41) is 14.7. The molecule has 3 fully saturated rings. The highest BCUT2D eigenvalue weighted by Crippen LogP contribution is 2.38. The summed E-state index contributed by atoms with van der Waals surface area (Å²) < 4.78 is 0. The van der Waals surface area contributed by atoms with E-state index in [1.54, 1.807) is 25.4 Å². The summed E-state index contributed by atoms with van der Waals surface area (Å²) in [4.78, 5) is 31.5. The van der Waals surface area contributed by atoms with Gasteiger partial charge in [-0.25, -0.2) is 0 Å². The molecular formula is C25H37N5O2. The highest BCUT2D eigenvalue weighted by molar-refractivity contribution is 6.07. The number of likely N-dealkylation sites (N-methyl/N-ethyl adjacent to an activating group) is 1. The van der Waals surface area contributed by atoms with Gasteiger partial charge in [-0.1, -0.05) is 51.0 Å². The Bertz CT molecular complexity index is 823. The van der Waals surface area contributed by atoms with E-state index in [1.165, 1.54) is 37.0 Å². The second kappa shape index (κ2) is 10.0. The van der Waals surface area contributed by atoms with Crippen molar-refractivity contribution in [3.05, 3.63) is 30.1 Å². The Labute approximate surface area is 191 Å². The molecule has 32 heavy (non-hydrogen) atoms. The third-order valence-corrected chi connectivity index (χ3v) is 7.76. The third kappa shape index (κ3) is 5.13. The number of hydrogen-bond donors (Lipinski definition) is 3. The first kappa shape index (κ1) is 22.7. The second-order valence-corrected chi connectivity index (χ2v) is 10.1. The SMILES string of the molecule is CN1C(=N)N[C@](CCC2CCCCC2)(C[C@H]2CCCC(NC(=O)c3ccccn3)C2)C1=O. The molecule has 2 amide bonds. The highest BCUT2D eigenvalue weighted by atomic mass is 16.2. The lowest BCUT2D eigenvalue weighted by atomic mass is 9.74. The molecule has 3 aliphatic rings. The minimum Gasteiger partial charge on any atom is -0.348 e. The van der Waals surface area contributed by atoms with E-state index in [-0.39, 0.29) is 23.8 Å². The fraction of sp³-hybridized carbons (Fsp3) is 0.680. The molecule has 0 spiro atoms. The Morgan fingerprint density at radius 2 is 1.97 bits per heavy atom. The van der Waals surface area contributed by atoms with Crippen molar-refractivity contribution < 1.29 is 9.59 Å². The first-order valence-corrected chi connectivity index (χ1v) is 12.3. The molecule has 0 bridgehead atoms. The van der Waals surface area contributed by atoms with Crippen LogP contribution >= 0.6 is 0 Å². The van der Waals surface area contributed by atoms with Crippen LogP contribution in [0.4, 0.5) is 0 Å². The van der Waals surface area contributed by atoms with Gasteiger partial charge in [-0.2, -0.15) is 0 Å². The molecule has 3 atom stereocenters. The van der Waals surface area contributed by atoms with Gasteiger partial charge in [0.25, 0.3) is 11.8 Å². The largest absolute Gasteiger partial charge is 0.348 e. The number of carbonyl (C=O) groups excluding carboxylic acids is 2. The molecule has 3 N–H and O–H groups in total. The van der Waals surface area contributed by atoms with Crippen LogP contribution in [0.25, 0.3) is 0 Å². The molecule has 1 saturated heterocycles. The van der Waals surface area contributed by atoms with Crippen molar-refractivity contribution in [2.24, 2.45) is 11.8 Å². The highest BCUT2D eigenvalue weighted by Gasteiger charge is 2.49. The van der Waals surface area contributed by atoms with E-state index in [0.717, 1.165) is 44.9 Å². The molecule has 7 nitrogen and oxygen atoms in total. The van der Waals surface area contributed by atoms with Gasteiger partial charge in [-0.05, 0) is 56.1 Å². The van der Waals surface area contributed by atoms with Gasteiger partial charge in [0.2, 0.25) is 0 Å². The number of aromatic nitrogens is 1. The number of amides is 2. The van der Waals surface area contributed by atoms with E-state index < -0.39 is 5.54 Å². The van der Waals surface area contributed by atoms with Gasteiger partial charge in [0.1, 0.15) is 11.2 Å². The summed E-state index contributed by atoms with van der Waals surface area (Å²) in [5.74, 6) is 1.18. The molecular weight excluding hydrogens is 402 g/mol. The zero-order chi connectivity index (χ0) is 22.6. The molecule has 4 rings (SSSR count). The number of hydrogen-bond acceptors (Lipinski definition) is 4. The molecule has 0 aromatic carbocycles. The summed E-state index contributed by atoms with van der Waals surface area (Å²) in [6, 6.07) is 5.47. The Morgan fingerprint density at radius 3 is 2.66 bits per heavy atom. The summed E-state index contributed by atoms with van der Waals surface area (Å²) >= 11 is 0. The summed E-state index contributed by atoms with van der Waals surface area (Å²) in [6.45, 7) is 0. The number of rotatable bonds is 7. The first-order valence-electron chi connectivity index (χ1n) is 12.3. The van der Waals surface area contributed by atoms with Crippen molar-refractivity contribution >= 4 is 17.8 Å². The van der Waals surface area contributed by atoms with Crippen LogP contribution in [0.3, 0.4) is 0 Å². The smallest absolute Gasteiger partial charge is 0.270 e. The van der Waals surface area contributed by atoms with Crippen molar-refractivity contribution in [1.82, 2.24) is 20.5 Å². The fourth-order valence-corrected chi connectivity index (χ4v) is 5.98. The molecule has 1 aromatic rings. The molecule has 2 saturated carbocycles. The van der Waals surface area contributed by atoms with Crippen LogP contribution in [0.15, 0.2) is 24.4 Å². The van der Waals surface area contributed by atoms with Gasteiger partial charge in [0.05, 0.1) is 0 Å². The molecule has 7 heteroatoms. The van der Waals surface area contributed by atoms with Crippen molar-refractivity contribution in [2.45, 2.75) is 88.6 Å². The van der Waals surface area contributed by atoms with Crippen LogP contribution < -0.4 is 10.6 Å². The van der Waals surface area contributed by atoms with Gasteiger partial charge in [-0.15, -0.1) is 0 Å². The van der Waals surface area contributed by atoms with Crippen LogP contribution in [0.1, 0.15) is 87.5 Å². The van der Waals surface area contributed by atoms with Crippen molar-refractivity contribution in [3.63, 3.8) is 0 Å². The standard InChI is InChI=1S/C25H37N5O2/c1-30-23(32)25(29-24(30)26,14-13-18-8-3-2-4-9-18)17-19-10-7-11-20(16-19)28-22(31)21-12-5-6-15-27-21/h5-6,12,15,18-20H,2-4,7-11,13-14,16-17H2,1H3,(H2,26,29)(H,28,31)/t19-,20?,25+/m0/s1. The van der Waals surface area contributed by atoms with Gasteiger partial charge < -0.3 is 10.6 Å². The molecule has 1 aliphatic heterocycles. The van der Waals surface area contributed by atoms with Crippen LogP contribution in [-0.4, -0.2) is 46.3 Å². The lowest BCUT2D eigenvalue weighted by molar-refractivity contribution is -0.131. The minimum atomic E-state index is -0.666. The average molecular weight is 440 g/mol. The van der Waals surface area contributed by atoms with Crippen molar-refractivity contribution in [3.8, 4) is 0 Å². The number of nitrogens with one attached hydrogen (secondary N) is 3. The predicted octanol–water partition coefficient (Wildman–Crippen LogP) is 3.86. The summed E-state index contributed by atoms with van der Waals surface area (Å²) in [6.07, 6.45) is 14.6. The number of guanidine groups is 1. The maximum Gasteiger partial charge on any atom is 0.270 e. The van der Waals surface area contributed by atoms with Gasteiger partial charge in [0, 0.05) is 19.3 Å². The lowest BCUT2D eigenvalue weighted by Gasteiger charge is -2.36. The van der Waals surface area contributed by atoms with Crippen LogP contribution in [0.2, 0.25) is 0 Å². The van der Waals surface area contributed by atoms with Crippen LogP contribution in [-0.2, 0) is 4.79 Å². The minimum absolute atomic E-state index is 0.0398. The average Bonchev–Trinajstić information content (AvgIpc) is 3.03.